The van der Waals surface area contributed by atoms with Crippen molar-refractivity contribution in [1.82, 2.24) is 19.9 Å². The minimum atomic E-state index is -0.100. The molecule has 1 N–H and O–H groups in total. The van der Waals surface area contributed by atoms with Gasteiger partial charge in [-0.3, -0.25) is 4.98 Å². The lowest BCUT2D eigenvalue weighted by atomic mass is 9.95. The zero-order valence-corrected chi connectivity index (χ0v) is 13.2. The molecule has 0 fully saturated rings. The van der Waals surface area contributed by atoms with E-state index in [1.165, 1.54) is 11.8 Å². The van der Waals surface area contributed by atoms with Gasteiger partial charge in [0.15, 0.2) is 0 Å². The van der Waals surface area contributed by atoms with Crippen molar-refractivity contribution in [3.05, 3.63) is 30.0 Å². The number of hydrogen-bond donors (Lipinski definition) is 1. The second-order valence-electron chi connectivity index (χ2n) is 5.47. The predicted octanol–water partition coefficient (Wildman–Crippen LogP) is 3.07. The Kier molecular flexibility index (Phi) is 4.23. The molecule has 0 radical (unpaired) electrons. The first-order valence-electron chi connectivity index (χ1n) is 6.42. The van der Waals surface area contributed by atoms with Gasteiger partial charge in [-0.15, -0.1) is 0 Å². The van der Waals surface area contributed by atoms with Crippen molar-refractivity contribution >= 4 is 17.6 Å². The minimum Gasteiger partial charge on any atom is -0.373 e. The van der Waals surface area contributed by atoms with Crippen LogP contribution in [0.25, 0.3) is 0 Å². The summed E-state index contributed by atoms with van der Waals surface area (Å²) in [5.74, 6) is 1.68. The summed E-state index contributed by atoms with van der Waals surface area (Å²) in [7, 11) is 1.87. The summed E-state index contributed by atoms with van der Waals surface area (Å²) >= 11 is 1.51. The van der Waals surface area contributed by atoms with E-state index in [-0.39, 0.29) is 5.41 Å². The van der Waals surface area contributed by atoms with Crippen LogP contribution >= 0.6 is 11.8 Å². The van der Waals surface area contributed by atoms with Crippen molar-refractivity contribution in [3.8, 4) is 0 Å². The SMILES string of the molecule is CNc1nc(C(C)(C)C)nc(Sc2cnccn2)c1C. The summed E-state index contributed by atoms with van der Waals surface area (Å²) in [6.07, 6.45) is 5.08. The molecule has 0 spiro atoms. The highest BCUT2D eigenvalue weighted by atomic mass is 32.2. The first-order chi connectivity index (χ1) is 9.41. The Morgan fingerprint density at radius 3 is 2.45 bits per heavy atom. The number of aromatic nitrogens is 4. The predicted molar refractivity (Wildman–Crippen MR) is 81.2 cm³/mol. The van der Waals surface area contributed by atoms with Gasteiger partial charge < -0.3 is 5.32 Å². The summed E-state index contributed by atoms with van der Waals surface area (Å²) in [4.78, 5) is 17.6. The molecule has 6 heteroatoms. The van der Waals surface area contributed by atoms with E-state index in [4.69, 9.17) is 4.98 Å². The minimum absolute atomic E-state index is 0.100. The maximum absolute atomic E-state index is 4.69. The molecular weight excluding hydrogens is 270 g/mol. The summed E-state index contributed by atoms with van der Waals surface area (Å²) in [6, 6.07) is 0. The lowest BCUT2D eigenvalue weighted by Gasteiger charge is -2.19. The van der Waals surface area contributed by atoms with Gasteiger partial charge >= 0.3 is 0 Å². The molecule has 2 aromatic heterocycles. The summed E-state index contributed by atoms with van der Waals surface area (Å²) in [6.45, 7) is 8.33. The molecule has 106 valence electrons. The van der Waals surface area contributed by atoms with Gasteiger partial charge in [-0.25, -0.2) is 15.0 Å². The Hall–Kier alpha value is -1.69. The maximum Gasteiger partial charge on any atom is 0.137 e. The van der Waals surface area contributed by atoms with Crippen LogP contribution in [-0.4, -0.2) is 27.0 Å². The molecule has 0 bridgehead atoms. The van der Waals surface area contributed by atoms with Gasteiger partial charge in [0.2, 0.25) is 0 Å². The maximum atomic E-state index is 4.69. The monoisotopic (exact) mass is 289 g/mol. The fourth-order valence-corrected chi connectivity index (χ4v) is 2.42. The molecule has 0 saturated heterocycles. The van der Waals surface area contributed by atoms with Crippen molar-refractivity contribution in [2.45, 2.75) is 43.2 Å². The van der Waals surface area contributed by atoms with E-state index in [1.54, 1.807) is 18.6 Å². The number of hydrogen-bond acceptors (Lipinski definition) is 6. The van der Waals surface area contributed by atoms with E-state index in [0.717, 1.165) is 27.3 Å². The third-order valence-corrected chi connectivity index (χ3v) is 3.76. The van der Waals surface area contributed by atoms with Gasteiger partial charge in [-0.1, -0.05) is 20.8 Å². The first-order valence-corrected chi connectivity index (χ1v) is 7.24. The summed E-state index contributed by atoms with van der Waals surface area (Å²) < 4.78 is 0. The highest BCUT2D eigenvalue weighted by Gasteiger charge is 2.21. The van der Waals surface area contributed by atoms with Crippen LogP contribution in [0, 0.1) is 6.92 Å². The van der Waals surface area contributed by atoms with Crippen molar-refractivity contribution in [1.29, 1.82) is 0 Å². The van der Waals surface area contributed by atoms with Gasteiger partial charge in [-0.05, 0) is 18.7 Å². The zero-order valence-electron chi connectivity index (χ0n) is 12.4. The van der Waals surface area contributed by atoms with Gasteiger partial charge in [0.05, 0.1) is 6.20 Å². The van der Waals surface area contributed by atoms with Crippen molar-refractivity contribution in [2.24, 2.45) is 0 Å². The van der Waals surface area contributed by atoms with E-state index in [9.17, 15) is 0 Å². The van der Waals surface area contributed by atoms with Crippen LogP contribution in [-0.2, 0) is 5.41 Å². The van der Waals surface area contributed by atoms with Gasteiger partial charge in [0.1, 0.15) is 21.7 Å². The number of rotatable bonds is 3. The quantitative estimate of drug-likeness (QED) is 0.876. The second-order valence-corrected chi connectivity index (χ2v) is 6.48. The van der Waals surface area contributed by atoms with Crippen LogP contribution in [0.3, 0.4) is 0 Å². The third kappa shape index (κ3) is 3.25. The van der Waals surface area contributed by atoms with Crippen LogP contribution in [0.4, 0.5) is 5.82 Å². The molecule has 0 atom stereocenters. The zero-order chi connectivity index (χ0) is 14.8. The van der Waals surface area contributed by atoms with E-state index in [2.05, 4.69) is 41.0 Å². The van der Waals surface area contributed by atoms with Crippen LogP contribution in [0.15, 0.2) is 28.6 Å². The molecule has 0 aromatic carbocycles. The third-order valence-electron chi connectivity index (χ3n) is 2.75. The molecule has 0 aliphatic heterocycles. The average molecular weight is 289 g/mol. The van der Waals surface area contributed by atoms with Crippen molar-refractivity contribution in [3.63, 3.8) is 0 Å². The standard InChI is InChI=1S/C14H19N5S/c1-9-11(15-5)18-13(14(2,3)4)19-12(9)20-10-8-16-6-7-17-10/h6-8H,1-5H3,(H,15,18,19). The Morgan fingerprint density at radius 2 is 1.90 bits per heavy atom. The molecular formula is C14H19N5S. The second kappa shape index (κ2) is 5.75. The summed E-state index contributed by atoms with van der Waals surface area (Å²) in [5, 5.41) is 4.88. The fraction of sp³-hybridized carbons (Fsp3) is 0.429. The number of nitrogens with zero attached hydrogens (tertiary/aromatic N) is 4. The molecule has 0 unspecified atom stereocenters. The molecule has 5 nitrogen and oxygen atoms in total. The number of anilines is 1. The van der Waals surface area contributed by atoms with E-state index >= 15 is 0 Å². The number of nitrogens with one attached hydrogen (secondary N) is 1. The first kappa shape index (κ1) is 14.7. The van der Waals surface area contributed by atoms with Crippen LogP contribution in [0.1, 0.15) is 32.2 Å². The van der Waals surface area contributed by atoms with Crippen LogP contribution < -0.4 is 5.32 Å². The fourth-order valence-electron chi connectivity index (χ4n) is 1.61. The highest BCUT2D eigenvalue weighted by molar-refractivity contribution is 7.99. The van der Waals surface area contributed by atoms with Gasteiger partial charge in [0.25, 0.3) is 0 Å². The molecule has 2 rings (SSSR count). The Bertz CT molecular complexity index is 593. The van der Waals surface area contributed by atoms with Crippen LogP contribution in [0.5, 0.6) is 0 Å². The Morgan fingerprint density at radius 1 is 1.15 bits per heavy atom. The topological polar surface area (TPSA) is 63.6 Å². The lowest BCUT2D eigenvalue weighted by Crippen LogP contribution is -2.18. The van der Waals surface area contributed by atoms with E-state index in [1.807, 2.05) is 14.0 Å². The molecule has 2 aromatic rings. The van der Waals surface area contributed by atoms with E-state index in [0.29, 0.717) is 0 Å². The van der Waals surface area contributed by atoms with E-state index < -0.39 is 0 Å². The van der Waals surface area contributed by atoms with Crippen molar-refractivity contribution in [2.75, 3.05) is 12.4 Å². The largest absolute Gasteiger partial charge is 0.373 e. The average Bonchev–Trinajstić information content (AvgIpc) is 2.41. The van der Waals surface area contributed by atoms with Gasteiger partial charge in [0, 0.05) is 30.4 Å². The highest BCUT2D eigenvalue weighted by Crippen LogP contribution is 2.32. The molecule has 20 heavy (non-hydrogen) atoms. The van der Waals surface area contributed by atoms with Gasteiger partial charge in [-0.2, -0.15) is 0 Å². The smallest absolute Gasteiger partial charge is 0.137 e. The Labute approximate surface area is 123 Å². The molecule has 0 amide bonds. The Balaban J connectivity index is 2.46. The van der Waals surface area contributed by atoms with Crippen molar-refractivity contribution < 1.29 is 0 Å². The molecule has 2 heterocycles. The lowest BCUT2D eigenvalue weighted by molar-refractivity contribution is 0.538. The summed E-state index contributed by atoms with van der Waals surface area (Å²) in [5.41, 5.74) is 0.924. The van der Waals surface area contributed by atoms with Crippen LogP contribution in [0.2, 0.25) is 0 Å². The normalized spacial score (nSPS) is 11.4. The molecule has 0 saturated carbocycles. The molecule has 0 aliphatic carbocycles. The molecule has 0 aliphatic rings.